The molecule has 1 aliphatic rings. The van der Waals surface area contributed by atoms with Crippen LogP contribution < -0.4 is 0 Å². The van der Waals surface area contributed by atoms with Gasteiger partial charge in [-0.3, -0.25) is 9.69 Å². The monoisotopic (exact) mass is 402 g/mol. The normalized spacial score (nSPS) is 14.7. The molecule has 0 aliphatic carbocycles. The summed E-state index contributed by atoms with van der Waals surface area (Å²) in [6.45, 7) is 4.34. The summed E-state index contributed by atoms with van der Waals surface area (Å²) in [5.74, 6) is 0.133. The molecular weight excluding hydrogens is 376 g/mol. The van der Waals surface area contributed by atoms with Crippen LogP contribution in [0.1, 0.15) is 15.9 Å². The summed E-state index contributed by atoms with van der Waals surface area (Å²) < 4.78 is 0. The van der Waals surface area contributed by atoms with E-state index in [1.165, 1.54) is 16.0 Å². The van der Waals surface area contributed by atoms with Gasteiger partial charge in [0.25, 0.3) is 5.91 Å². The van der Waals surface area contributed by atoms with E-state index >= 15 is 0 Å². The number of carbonyl (C=O) groups is 1. The zero-order valence-corrected chi connectivity index (χ0v) is 17.6. The van der Waals surface area contributed by atoms with Crippen LogP contribution >= 0.6 is 11.8 Å². The van der Waals surface area contributed by atoms with Gasteiger partial charge in [0.05, 0.1) is 0 Å². The van der Waals surface area contributed by atoms with Gasteiger partial charge >= 0.3 is 0 Å². The highest BCUT2D eigenvalue weighted by atomic mass is 32.2. The van der Waals surface area contributed by atoms with Gasteiger partial charge in [-0.2, -0.15) is 0 Å². The highest BCUT2D eigenvalue weighted by Crippen LogP contribution is 2.21. The Kier molecular flexibility index (Phi) is 6.33. The number of piperazine rings is 1. The van der Waals surface area contributed by atoms with Crippen LogP contribution in [0.25, 0.3) is 11.1 Å². The van der Waals surface area contributed by atoms with Gasteiger partial charge in [-0.05, 0) is 47.2 Å². The number of rotatable bonds is 5. The van der Waals surface area contributed by atoms with Crippen LogP contribution in [0.2, 0.25) is 0 Å². The molecule has 1 saturated heterocycles. The fourth-order valence-corrected chi connectivity index (χ4v) is 4.12. The summed E-state index contributed by atoms with van der Waals surface area (Å²) in [7, 11) is 0. The highest BCUT2D eigenvalue weighted by Gasteiger charge is 2.22. The number of thioether (sulfide) groups is 1. The van der Waals surface area contributed by atoms with Crippen molar-refractivity contribution in [2.75, 3.05) is 32.4 Å². The van der Waals surface area contributed by atoms with Crippen LogP contribution in [0.4, 0.5) is 0 Å². The topological polar surface area (TPSA) is 23.6 Å². The zero-order chi connectivity index (χ0) is 20.1. The lowest BCUT2D eigenvalue weighted by Gasteiger charge is -2.34. The third kappa shape index (κ3) is 4.89. The van der Waals surface area contributed by atoms with Crippen LogP contribution in [0.15, 0.2) is 83.8 Å². The van der Waals surface area contributed by atoms with Crippen LogP contribution in [0.5, 0.6) is 0 Å². The third-order valence-corrected chi connectivity index (χ3v) is 6.21. The predicted octanol–water partition coefficient (Wildman–Crippen LogP) is 5.03. The number of hydrogen-bond donors (Lipinski definition) is 0. The van der Waals surface area contributed by atoms with Crippen molar-refractivity contribution in [2.45, 2.75) is 11.4 Å². The summed E-state index contributed by atoms with van der Waals surface area (Å²) in [5.41, 5.74) is 4.41. The first kappa shape index (κ1) is 19.7. The third-order valence-electron chi connectivity index (χ3n) is 5.46. The van der Waals surface area contributed by atoms with Gasteiger partial charge in [0.15, 0.2) is 0 Å². The quantitative estimate of drug-likeness (QED) is 0.559. The molecule has 1 aliphatic heterocycles. The molecule has 1 fully saturated rings. The number of carbonyl (C=O) groups excluding carboxylic acids is 1. The minimum Gasteiger partial charge on any atom is -0.336 e. The molecule has 3 aromatic rings. The molecule has 0 spiro atoms. The van der Waals surface area contributed by atoms with E-state index in [9.17, 15) is 4.79 Å². The Hall–Kier alpha value is -2.56. The van der Waals surface area contributed by atoms with Crippen molar-refractivity contribution in [3.63, 3.8) is 0 Å². The van der Waals surface area contributed by atoms with Gasteiger partial charge in [0.2, 0.25) is 0 Å². The van der Waals surface area contributed by atoms with Crippen molar-refractivity contribution in [3.8, 4) is 11.1 Å². The number of hydrogen-bond acceptors (Lipinski definition) is 3. The van der Waals surface area contributed by atoms with Gasteiger partial charge in [-0.25, -0.2) is 0 Å². The second kappa shape index (κ2) is 9.29. The number of nitrogens with zero attached hydrogens (tertiary/aromatic N) is 2. The maximum Gasteiger partial charge on any atom is 0.253 e. The largest absolute Gasteiger partial charge is 0.336 e. The Bertz CT molecular complexity index is 931. The molecule has 148 valence electrons. The van der Waals surface area contributed by atoms with Gasteiger partial charge < -0.3 is 4.90 Å². The van der Waals surface area contributed by atoms with E-state index in [0.29, 0.717) is 0 Å². The lowest BCUT2D eigenvalue weighted by Crippen LogP contribution is -2.48. The number of amides is 1. The molecule has 0 radical (unpaired) electrons. The minimum atomic E-state index is 0.133. The Morgan fingerprint density at radius 2 is 1.41 bits per heavy atom. The van der Waals surface area contributed by atoms with E-state index in [0.717, 1.165) is 43.9 Å². The van der Waals surface area contributed by atoms with Gasteiger partial charge in [0, 0.05) is 43.2 Å². The molecule has 4 heteroatoms. The highest BCUT2D eigenvalue weighted by molar-refractivity contribution is 7.98. The van der Waals surface area contributed by atoms with Crippen LogP contribution in [-0.2, 0) is 6.54 Å². The summed E-state index contributed by atoms with van der Waals surface area (Å²) >= 11 is 1.77. The van der Waals surface area contributed by atoms with E-state index < -0.39 is 0 Å². The molecule has 0 aromatic heterocycles. The molecule has 0 N–H and O–H groups in total. The maximum atomic E-state index is 12.9. The van der Waals surface area contributed by atoms with Crippen molar-refractivity contribution < 1.29 is 4.79 Å². The SMILES string of the molecule is CSc1ccc(CN2CCN(C(=O)c3ccc(-c4ccccc4)cc3)CC2)cc1. The lowest BCUT2D eigenvalue weighted by atomic mass is 10.0. The molecule has 29 heavy (non-hydrogen) atoms. The Morgan fingerprint density at radius 3 is 2.03 bits per heavy atom. The standard InChI is InChI=1S/C25H26N2OS/c1-29-24-13-7-20(8-14-24)19-26-15-17-27(18-16-26)25(28)23-11-9-22(10-12-23)21-5-3-2-4-6-21/h2-14H,15-19H2,1H3. The lowest BCUT2D eigenvalue weighted by molar-refractivity contribution is 0.0628. The van der Waals surface area contributed by atoms with Crippen molar-refractivity contribution in [1.29, 1.82) is 0 Å². The molecule has 0 bridgehead atoms. The summed E-state index contributed by atoms with van der Waals surface area (Å²) in [6, 6.07) is 27.0. The zero-order valence-electron chi connectivity index (χ0n) is 16.8. The second-order valence-electron chi connectivity index (χ2n) is 7.36. The first-order chi connectivity index (χ1) is 14.2. The van der Waals surface area contributed by atoms with Crippen LogP contribution in [0.3, 0.4) is 0 Å². The summed E-state index contributed by atoms with van der Waals surface area (Å²) in [4.78, 5) is 18.6. The van der Waals surface area contributed by atoms with E-state index in [2.05, 4.69) is 47.6 Å². The van der Waals surface area contributed by atoms with Gasteiger partial charge in [-0.1, -0.05) is 54.6 Å². The average molecular weight is 403 g/mol. The van der Waals surface area contributed by atoms with Crippen molar-refractivity contribution >= 4 is 17.7 Å². The maximum absolute atomic E-state index is 12.9. The second-order valence-corrected chi connectivity index (χ2v) is 8.24. The van der Waals surface area contributed by atoms with Crippen LogP contribution in [-0.4, -0.2) is 48.1 Å². The van der Waals surface area contributed by atoms with E-state index in [4.69, 9.17) is 0 Å². The molecule has 0 atom stereocenters. The fraction of sp³-hybridized carbons (Fsp3) is 0.240. The number of benzene rings is 3. The summed E-state index contributed by atoms with van der Waals surface area (Å²) in [6.07, 6.45) is 2.10. The minimum absolute atomic E-state index is 0.133. The Balaban J connectivity index is 1.32. The van der Waals surface area contributed by atoms with Crippen molar-refractivity contribution in [2.24, 2.45) is 0 Å². The molecule has 1 heterocycles. The first-order valence-corrected chi connectivity index (χ1v) is 11.3. The molecule has 3 aromatic carbocycles. The van der Waals surface area contributed by atoms with Gasteiger partial charge in [-0.15, -0.1) is 11.8 Å². The van der Waals surface area contributed by atoms with Gasteiger partial charge in [0.1, 0.15) is 0 Å². The molecule has 1 amide bonds. The van der Waals surface area contributed by atoms with E-state index in [1.807, 2.05) is 47.4 Å². The Morgan fingerprint density at radius 1 is 0.793 bits per heavy atom. The molecule has 0 saturated carbocycles. The van der Waals surface area contributed by atoms with E-state index in [1.54, 1.807) is 11.8 Å². The fourth-order valence-electron chi connectivity index (χ4n) is 3.72. The molecule has 3 nitrogen and oxygen atoms in total. The smallest absolute Gasteiger partial charge is 0.253 e. The van der Waals surface area contributed by atoms with Crippen molar-refractivity contribution in [1.82, 2.24) is 9.80 Å². The van der Waals surface area contributed by atoms with Crippen molar-refractivity contribution in [3.05, 3.63) is 90.0 Å². The summed E-state index contributed by atoms with van der Waals surface area (Å²) in [5, 5.41) is 0. The molecular formula is C25H26N2OS. The first-order valence-electron chi connectivity index (χ1n) is 10.0. The Labute approximate surface area is 177 Å². The average Bonchev–Trinajstić information content (AvgIpc) is 2.80. The molecule has 0 unspecified atom stereocenters. The van der Waals surface area contributed by atoms with E-state index in [-0.39, 0.29) is 5.91 Å². The molecule has 4 rings (SSSR count). The van der Waals surface area contributed by atoms with Crippen LogP contribution in [0, 0.1) is 0 Å². The predicted molar refractivity (Wildman–Crippen MR) is 121 cm³/mol.